The van der Waals surface area contributed by atoms with E-state index in [1.807, 2.05) is 14.0 Å². The van der Waals surface area contributed by atoms with Crippen molar-refractivity contribution in [2.75, 3.05) is 32.4 Å². The molecule has 0 saturated carbocycles. The van der Waals surface area contributed by atoms with Crippen LogP contribution in [0, 0.1) is 0 Å². The average molecular weight is 301 g/mol. The van der Waals surface area contributed by atoms with Crippen LogP contribution in [0.4, 0.5) is 18.9 Å². The van der Waals surface area contributed by atoms with E-state index in [1.165, 1.54) is 6.07 Å². The number of likely N-dealkylation sites (N-methyl/N-ethyl adjacent to an activating group) is 1. The van der Waals surface area contributed by atoms with Crippen LogP contribution in [0.15, 0.2) is 18.2 Å². The second-order valence-electron chi connectivity index (χ2n) is 5.41. The smallest absolute Gasteiger partial charge is 0.398 e. The first-order valence-electron chi connectivity index (χ1n) is 6.66. The molecule has 1 heterocycles. The highest BCUT2D eigenvalue weighted by atomic mass is 19.4. The number of nitrogens with two attached hydrogens (primary N) is 1. The third kappa shape index (κ3) is 3.29. The fraction of sp³-hybridized carbons (Fsp3) is 0.500. The monoisotopic (exact) mass is 301 g/mol. The Hall–Kier alpha value is -1.76. The lowest BCUT2D eigenvalue weighted by Crippen LogP contribution is -2.52. The molecule has 1 unspecified atom stereocenters. The molecule has 0 spiro atoms. The van der Waals surface area contributed by atoms with Crippen molar-refractivity contribution in [3.63, 3.8) is 0 Å². The number of halogens is 3. The number of amides is 1. The third-order valence-electron chi connectivity index (χ3n) is 3.70. The first kappa shape index (κ1) is 15.6. The van der Waals surface area contributed by atoms with Crippen molar-refractivity contribution in [1.82, 2.24) is 9.80 Å². The highest BCUT2D eigenvalue weighted by Crippen LogP contribution is 2.34. The summed E-state index contributed by atoms with van der Waals surface area (Å²) in [5, 5.41) is 0. The van der Waals surface area contributed by atoms with Crippen LogP contribution in [0.25, 0.3) is 0 Å². The van der Waals surface area contributed by atoms with Crippen molar-refractivity contribution >= 4 is 11.6 Å². The van der Waals surface area contributed by atoms with Crippen LogP contribution < -0.4 is 5.73 Å². The molecule has 116 valence electrons. The zero-order valence-electron chi connectivity index (χ0n) is 11.9. The van der Waals surface area contributed by atoms with Gasteiger partial charge in [-0.3, -0.25) is 4.79 Å². The van der Waals surface area contributed by atoms with Gasteiger partial charge < -0.3 is 15.5 Å². The molecule has 0 bridgehead atoms. The summed E-state index contributed by atoms with van der Waals surface area (Å²) < 4.78 is 38.6. The summed E-state index contributed by atoms with van der Waals surface area (Å²) in [6, 6.07) is 3.28. The quantitative estimate of drug-likeness (QED) is 0.808. The molecule has 1 aliphatic rings. The zero-order chi connectivity index (χ0) is 15.8. The van der Waals surface area contributed by atoms with Crippen LogP contribution in [0.2, 0.25) is 0 Å². The van der Waals surface area contributed by atoms with E-state index < -0.39 is 11.7 Å². The van der Waals surface area contributed by atoms with Gasteiger partial charge in [0.1, 0.15) is 0 Å². The van der Waals surface area contributed by atoms with Crippen molar-refractivity contribution in [3.8, 4) is 0 Å². The van der Waals surface area contributed by atoms with E-state index in [4.69, 9.17) is 5.73 Å². The number of hydrogen-bond acceptors (Lipinski definition) is 3. The van der Waals surface area contributed by atoms with Gasteiger partial charge in [-0.15, -0.1) is 0 Å². The fourth-order valence-electron chi connectivity index (χ4n) is 2.54. The summed E-state index contributed by atoms with van der Waals surface area (Å²) >= 11 is 0. The number of anilines is 1. The SMILES string of the molecule is CC1CN(C)CCN1C(=O)c1ccc(N)c(C(F)(F)F)c1. The van der Waals surface area contributed by atoms with E-state index in [-0.39, 0.29) is 23.2 Å². The normalized spacial score (nSPS) is 20.6. The molecule has 1 fully saturated rings. The van der Waals surface area contributed by atoms with Crippen molar-refractivity contribution in [1.29, 1.82) is 0 Å². The number of benzene rings is 1. The number of alkyl halides is 3. The molecule has 1 aliphatic heterocycles. The van der Waals surface area contributed by atoms with Crippen LogP contribution >= 0.6 is 0 Å². The minimum absolute atomic E-state index is 0.0212. The molecule has 1 saturated heterocycles. The molecule has 1 amide bonds. The number of carbonyl (C=O) groups excluding carboxylic acids is 1. The molecule has 2 rings (SSSR count). The maximum atomic E-state index is 12.9. The molecule has 2 N–H and O–H groups in total. The molecule has 0 radical (unpaired) electrons. The lowest BCUT2D eigenvalue weighted by atomic mass is 10.1. The molecule has 7 heteroatoms. The number of nitrogens with zero attached hydrogens (tertiary/aromatic N) is 2. The van der Waals surface area contributed by atoms with Gasteiger partial charge >= 0.3 is 6.18 Å². The summed E-state index contributed by atoms with van der Waals surface area (Å²) in [4.78, 5) is 16.1. The predicted octanol–water partition coefficient (Wildman–Crippen LogP) is 2.06. The van der Waals surface area contributed by atoms with Crippen LogP contribution in [0.5, 0.6) is 0 Å². The molecular formula is C14H18F3N3O. The van der Waals surface area contributed by atoms with E-state index >= 15 is 0 Å². The summed E-state index contributed by atoms with van der Waals surface area (Å²) in [7, 11) is 1.95. The van der Waals surface area contributed by atoms with Gasteiger partial charge in [0.15, 0.2) is 0 Å². The molecule has 0 aromatic heterocycles. The van der Waals surface area contributed by atoms with Gasteiger partial charge in [0.2, 0.25) is 0 Å². The number of hydrogen-bond donors (Lipinski definition) is 1. The molecule has 1 atom stereocenters. The first-order valence-corrected chi connectivity index (χ1v) is 6.66. The first-order chi connectivity index (χ1) is 9.70. The maximum Gasteiger partial charge on any atom is 0.418 e. The molecule has 21 heavy (non-hydrogen) atoms. The second-order valence-corrected chi connectivity index (χ2v) is 5.41. The maximum absolute atomic E-state index is 12.9. The van der Waals surface area contributed by atoms with Gasteiger partial charge in [-0.05, 0) is 32.2 Å². The van der Waals surface area contributed by atoms with E-state index in [0.29, 0.717) is 19.6 Å². The highest BCUT2D eigenvalue weighted by Gasteiger charge is 2.34. The van der Waals surface area contributed by atoms with E-state index in [2.05, 4.69) is 4.90 Å². The predicted molar refractivity (Wildman–Crippen MR) is 73.9 cm³/mol. The number of nitrogen functional groups attached to an aromatic ring is 1. The topological polar surface area (TPSA) is 49.6 Å². The largest absolute Gasteiger partial charge is 0.418 e. The van der Waals surface area contributed by atoms with E-state index in [0.717, 1.165) is 12.1 Å². The van der Waals surface area contributed by atoms with Gasteiger partial charge in [0.05, 0.1) is 5.56 Å². The Kier molecular flexibility index (Phi) is 4.13. The van der Waals surface area contributed by atoms with Gasteiger partial charge in [0, 0.05) is 36.9 Å². The van der Waals surface area contributed by atoms with Gasteiger partial charge in [-0.2, -0.15) is 13.2 Å². The van der Waals surface area contributed by atoms with Gasteiger partial charge in [-0.25, -0.2) is 0 Å². The van der Waals surface area contributed by atoms with Crippen LogP contribution in [-0.4, -0.2) is 48.4 Å². The highest BCUT2D eigenvalue weighted by molar-refractivity contribution is 5.95. The minimum Gasteiger partial charge on any atom is -0.398 e. The second kappa shape index (κ2) is 5.55. The average Bonchev–Trinajstić information content (AvgIpc) is 2.37. The van der Waals surface area contributed by atoms with Crippen LogP contribution in [-0.2, 0) is 6.18 Å². The summed E-state index contributed by atoms with van der Waals surface area (Å²) in [5.41, 5.74) is 4.04. The van der Waals surface area contributed by atoms with E-state index in [1.54, 1.807) is 4.90 Å². The van der Waals surface area contributed by atoms with Crippen molar-refractivity contribution in [2.24, 2.45) is 0 Å². The lowest BCUT2D eigenvalue weighted by Gasteiger charge is -2.38. The molecule has 4 nitrogen and oxygen atoms in total. The van der Waals surface area contributed by atoms with Crippen LogP contribution in [0.3, 0.4) is 0 Å². The van der Waals surface area contributed by atoms with Crippen LogP contribution in [0.1, 0.15) is 22.8 Å². The molecular weight excluding hydrogens is 283 g/mol. The Morgan fingerprint density at radius 3 is 2.57 bits per heavy atom. The molecule has 0 aliphatic carbocycles. The molecule has 1 aromatic carbocycles. The Labute approximate surface area is 121 Å². The minimum atomic E-state index is -4.56. The van der Waals surface area contributed by atoms with Crippen molar-refractivity contribution in [2.45, 2.75) is 19.1 Å². The van der Waals surface area contributed by atoms with Crippen molar-refractivity contribution in [3.05, 3.63) is 29.3 Å². The summed E-state index contributed by atoms with van der Waals surface area (Å²) in [6.07, 6.45) is -4.56. The standard InChI is InChI=1S/C14H18F3N3O/c1-9-8-19(2)5-6-20(9)13(21)10-3-4-12(18)11(7-10)14(15,16)17/h3-4,7,9H,5-6,8,18H2,1-2H3. The number of rotatable bonds is 1. The van der Waals surface area contributed by atoms with E-state index in [9.17, 15) is 18.0 Å². The Morgan fingerprint density at radius 1 is 1.33 bits per heavy atom. The summed E-state index contributed by atoms with van der Waals surface area (Å²) in [5.74, 6) is -0.388. The van der Waals surface area contributed by atoms with Crippen molar-refractivity contribution < 1.29 is 18.0 Å². The Morgan fingerprint density at radius 2 is 2.00 bits per heavy atom. The van der Waals surface area contributed by atoms with Gasteiger partial charge in [0.25, 0.3) is 5.91 Å². The summed E-state index contributed by atoms with van der Waals surface area (Å²) in [6.45, 7) is 3.79. The Bertz CT molecular complexity index is 545. The molecule has 1 aromatic rings. The lowest BCUT2D eigenvalue weighted by molar-refractivity contribution is -0.136. The zero-order valence-corrected chi connectivity index (χ0v) is 11.9. The fourth-order valence-corrected chi connectivity index (χ4v) is 2.54. The van der Waals surface area contributed by atoms with Gasteiger partial charge in [-0.1, -0.05) is 0 Å². The number of carbonyl (C=O) groups is 1. The third-order valence-corrected chi connectivity index (χ3v) is 3.70. The number of piperazine rings is 1. The Balaban J connectivity index is 2.28.